The van der Waals surface area contributed by atoms with Crippen LogP contribution >= 0.6 is 0 Å². The first kappa shape index (κ1) is 16.3. The van der Waals surface area contributed by atoms with E-state index in [-0.39, 0.29) is 5.54 Å². The van der Waals surface area contributed by atoms with Gasteiger partial charge in [0.05, 0.1) is 0 Å². The summed E-state index contributed by atoms with van der Waals surface area (Å²) in [6, 6.07) is 0.343. The van der Waals surface area contributed by atoms with E-state index in [0.29, 0.717) is 6.04 Å². The fraction of sp³-hybridized carbons (Fsp3) is 1.00. The van der Waals surface area contributed by atoms with E-state index in [1.165, 1.54) is 58.0 Å². The Morgan fingerprint density at radius 1 is 1.05 bits per heavy atom. The van der Waals surface area contributed by atoms with E-state index in [0.717, 1.165) is 17.8 Å². The van der Waals surface area contributed by atoms with E-state index in [1.807, 2.05) is 0 Å². The maximum atomic E-state index is 6.85. The highest BCUT2D eigenvalue weighted by atomic mass is 15.2. The normalized spacial score (nSPS) is 37.4. The van der Waals surface area contributed by atoms with Gasteiger partial charge in [0, 0.05) is 11.6 Å². The zero-order chi connectivity index (χ0) is 14.8. The fourth-order valence-corrected chi connectivity index (χ4v) is 4.89. The fourth-order valence-electron chi connectivity index (χ4n) is 4.89. The van der Waals surface area contributed by atoms with Crippen LogP contribution in [-0.2, 0) is 0 Å². The van der Waals surface area contributed by atoms with Gasteiger partial charge in [0.15, 0.2) is 0 Å². The van der Waals surface area contributed by atoms with Crippen molar-refractivity contribution in [3.05, 3.63) is 0 Å². The van der Waals surface area contributed by atoms with Gasteiger partial charge in [-0.1, -0.05) is 27.2 Å². The number of likely N-dealkylation sites (tertiary alicyclic amines) is 1. The molecule has 1 saturated heterocycles. The molecule has 0 aromatic rings. The minimum absolute atomic E-state index is 0.210. The van der Waals surface area contributed by atoms with Gasteiger partial charge < -0.3 is 5.73 Å². The van der Waals surface area contributed by atoms with Crippen molar-refractivity contribution in [3.8, 4) is 0 Å². The van der Waals surface area contributed by atoms with Crippen molar-refractivity contribution in [3.63, 3.8) is 0 Å². The second-order valence-corrected chi connectivity index (χ2v) is 7.96. The van der Waals surface area contributed by atoms with Crippen LogP contribution in [-0.4, -0.2) is 29.6 Å². The summed E-state index contributed by atoms with van der Waals surface area (Å²) in [7, 11) is 0. The van der Waals surface area contributed by atoms with Crippen molar-refractivity contribution in [2.75, 3.05) is 13.1 Å². The first-order valence-corrected chi connectivity index (χ1v) is 8.98. The highest BCUT2D eigenvalue weighted by molar-refractivity contribution is 5.00. The lowest BCUT2D eigenvalue weighted by Gasteiger charge is -2.50. The minimum atomic E-state index is 0.210. The third-order valence-corrected chi connectivity index (χ3v) is 6.24. The lowest BCUT2D eigenvalue weighted by atomic mass is 9.68. The number of hydrogen-bond donors (Lipinski definition) is 1. The van der Waals surface area contributed by atoms with Crippen LogP contribution in [0, 0.1) is 17.8 Å². The first-order chi connectivity index (χ1) is 9.47. The third kappa shape index (κ3) is 3.39. The lowest BCUT2D eigenvalue weighted by molar-refractivity contribution is 0.0210. The molecule has 1 saturated carbocycles. The van der Waals surface area contributed by atoms with Crippen molar-refractivity contribution in [2.24, 2.45) is 23.5 Å². The highest BCUT2D eigenvalue weighted by Crippen LogP contribution is 2.39. The maximum absolute atomic E-state index is 6.85. The Balaban J connectivity index is 2.08. The largest absolute Gasteiger partial charge is 0.326 e. The molecular weight excluding hydrogens is 244 g/mol. The highest BCUT2D eigenvalue weighted by Gasteiger charge is 2.42. The molecule has 0 aromatic carbocycles. The van der Waals surface area contributed by atoms with Gasteiger partial charge in [0.2, 0.25) is 0 Å². The zero-order valence-corrected chi connectivity index (χ0v) is 14.2. The minimum Gasteiger partial charge on any atom is -0.326 e. The molecule has 2 aliphatic rings. The zero-order valence-electron chi connectivity index (χ0n) is 14.2. The van der Waals surface area contributed by atoms with Gasteiger partial charge in [-0.2, -0.15) is 0 Å². The number of nitrogens with zero attached hydrogens (tertiary/aromatic N) is 1. The van der Waals surface area contributed by atoms with Gasteiger partial charge in [0.25, 0.3) is 0 Å². The molecule has 4 unspecified atom stereocenters. The van der Waals surface area contributed by atoms with E-state index < -0.39 is 0 Å². The van der Waals surface area contributed by atoms with Gasteiger partial charge in [-0.15, -0.1) is 0 Å². The third-order valence-electron chi connectivity index (χ3n) is 6.24. The van der Waals surface area contributed by atoms with Gasteiger partial charge in [-0.25, -0.2) is 0 Å². The van der Waals surface area contributed by atoms with Crippen molar-refractivity contribution in [2.45, 2.75) is 84.2 Å². The van der Waals surface area contributed by atoms with Gasteiger partial charge >= 0.3 is 0 Å². The van der Waals surface area contributed by atoms with Crippen molar-refractivity contribution in [1.29, 1.82) is 0 Å². The van der Waals surface area contributed by atoms with E-state index in [1.54, 1.807) is 0 Å². The topological polar surface area (TPSA) is 29.3 Å². The Hall–Kier alpha value is -0.0800. The van der Waals surface area contributed by atoms with E-state index in [2.05, 4.69) is 32.6 Å². The number of nitrogens with two attached hydrogens (primary N) is 1. The van der Waals surface area contributed by atoms with E-state index >= 15 is 0 Å². The van der Waals surface area contributed by atoms with Crippen LogP contribution in [0.25, 0.3) is 0 Å². The van der Waals surface area contributed by atoms with Crippen LogP contribution in [0.15, 0.2) is 0 Å². The molecule has 118 valence electrons. The summed E-state index contributed by atoms with van der Waals surface area (Å²) in [4.78, 5) is 2.71. The van der Waals surface area contributed by atoms with Gasteiger partial charge in [-0.05, 0) is 76.3 Å². The molecule has 0 radical (unpaired) electrons. The van der Waals surface area contributed by atoms with Crippen LogP contribution in [0.3, 0.4) is 0 Å². The Morgan fingerprint density at radius 2 is 1.60 bits per heavy atom. The summed E-state index contributed by atoms with van der Waals surface area (Å²) >= 11 is 0. The molecule has 2 heteroatoms. The quantitative estimate of drug-likeness (QED) is 0.842. The first-order valence-electron chi connectivity index (χ1n) is 8.98. The van der Waals surface area contributed by atoms with Crippen LogP contribution in [0.2, 0.25) is 0 Å². The average molecular weight is 280 g/mol. The number of hydrogen-bond acceptors (Lipinski definition) is 2. The summed E-state index contributed by atoms with van der Waals surface area (Å²) in [5.74, 6) is 2.44. The molecule has 0 aromatic heterocycles. The second-order valence-electron chi connectivity index (χ2n) is 7.96. The lowest BCUT2D eigenvalue weighted by Crippen LogP contribution is -2.62. The average Bonchev–Trinajstić information content (AvgIpc) is 2.45. The summed E-state index contributed by atoms with van der Waals surface area (Å²) in [5.41, 5.74) is 7.06. The molecule has 1 aliphatic heterocycles. The molecular formula is C18H36N2. The summed E-state index contributed by atoms with van der Waals surface area (Å²) in [6.45, 7) is 12.1. The van der Waals surface area contributed by atoms with E-state index in [4.69, 9.17) is 5.73 Å². The summed E-state index contributed by atoms with van der Waals surface area (Å²) in [6.07, 6.45) is 9.40. The predicted molar refractivity (Wildman–Crippen MR) is 87.8 cm³/mol. The molecule has 0 bridgehead atoms. The van der Waals surface area contributed by atoms with Gasteiger partial charge in [-0.3, -0.25) is 4.90 Å². The molecule has 20 heavy (non-hydrogen) atoms. The van der Waals surface area contributed by atoms with Crippen molar-refractivity contribution in [1.82, 2.24) is 4.90 Å². The standard InChI is InChI=1S/C18H36N2/c1-5-18(4,20-9-7-6-8-10-20)17(19)16-12-14(2)11-15(3)13-16/h14-17H,5-13,19H2,1-4H3. The van der Waals surface area contributed by atoms with Crippen LogP contribution in [0.1, 0.15) is 72.6 Å². The molecule has 2 N–H and O–H groups in total. The maximum Gasteiger partial charge on any atom is 0.0332 e. The monoisotopic (exact) mass is 280 g/mol. The van der Waals surface area contributed by atoms with E-state index in [9.17, 15) is 0 Å². The van der Waals surface area contributed by atoms with Crippen molar-refractivity contribution < 1.29 is 0 Å². The van der Waals surface area contributed by atoms with Gasteiger partial charge in [0.1, 0.15) is 0 Å². The summed E-state index contributed by atoms with van der Waals surface area (Å²) in [5, 5.41) is 0. The molecule has 2 nitrogen and oxygen atoms in total. The predicted octanol–water partition coefficient (Wildman–Crippen LogP) is 4.04. The van der Waals surface area contributed by atoms with Crippen LogP contribution in [0.5, 0.6) is 0 Å². The van der Waals surface area contributed by atoms with Crippen molar-refractivity contribution >= 4 is 0 Å². The number of rotatable bonds is 4. The Labute approximate surface area is 126 Å². The smallest absolute Gasteiger partial charge is 0.0332 e. The molecule has 4 atom stereocenters. The molecule has 1 heterocycles. The Bertz CT molecular complexity index is 288. The number of piperidine rings is 1. The Morgan fingerprint density at radius 3 is 2.10 bits per heavy atom. The molecule has 1 aliphatic carbocycles. The SMILES string of the molecule is CCC(C)(C(N)C1CC(C)CC(C)C1)N1CCCCC1. The second kappa shape index (κ2) is 6.79. The van der Waals surface area contributed by atoms with Crippen LogP contribution < -0.4 is 5.73 Å². The molecule has 0 amide bonds. The molecule has 0 spiro atoms. The summed E-state index contributed by atoms with van der Waals surface area (Å²) < 4.78 is 0. The Kier molecular flexibility index (Phi) is 5.53. The van der Waals surface area contributed by atoms with Crippen LogP contribution in [0.4, 0.5) is 0 Å². The molecule has 2 rings (SSSR count). The molecule has 2 fully saturated rings.